The predicted octanol–water partition coefficient (Wildman–Crippen LogP) is 8.24. The average Bonchev–Trinajstić information content (AvgIpc) is 3.17. The van der Waals surface area contributed by atoms with Gasteiger partial charge in [0.1, 0.15) is 0 Å². The van der Waals surface area contributed by atoms with Gasteiger partial charge in [0.2, 0.25) is 0 Å². The van der Waals surface area contributed by atoms with E-state index < -0.39 is 5.97 Å². The lowest BCUT2D eigenvalue weighted by atomic mass is 9.79. The van der Waals surface area contributed by atoms with E-state index in [0.717, 1.165) is 40.8 Å². The third-order valence-electron chi connectivity index (χ3n) is 8.73. The molecule has 3 N–H and O–H groups in total. The van der Waals surface area contributed by atoms with E-state index in [-0.39, 0.29) is 17.7 Å². The van der Waals surface area contributed by atoms with Crippen molar-refractivity contribution in [1.82, 2.24) is 5.32 Å². The number of nitrogens with zero attached hydrogens (tertiary/aromatic N) is 2. The third kappa shape index (κ3) is 6.26. The number of halogens is 1. The Morgan fingerprint density at radius 2 is 1.64 bits per heavy atom. The first kappa shape index (κ1) is 30.3. The van der Waals surface area contributed by atoms with Crippen molar-refractivity contribution in [2.45, 2.75) is 40.0 Å². The number of nitrogens with one attached hydrogen (secondary N) is 2. The topological polar surface area (TPSA) is 103 Å². The molecular formula is C37H35ClN4O3. The minimum absolute atomic E-state index is 0.0164. The summed E-state index contributed by atoms with van der Waals surface area (Å²) in [7, 11) is 0. The van der Waals surface area contributed by atoms with Crippen molar-refractivity contribution in [1.29, 1.82) is 0 Å². The number of aliphatic carboxylic acids is 1. The van der Waals surface area contributed by atoms with Gasteiger partial charge in [-0.2, -0.15) is 0 Å². The number of fused-ring (bicyclic) bond motifs is 1. The highest BCUT2D eigenvalue weighted by atomic mass is 35.5. The molecule has 1 amide bonds. The first-order chi connectivity index (χ1) is 21.7. The van der Waals surface area contributed by atoms with Gasteiger partial charge in [-0.3, -0.25) is 14.8 Å². The molecule has 8 heteroatoms. The Morgan fingerprint density at radius 3 is 2.31 bits per heavy atom. The van der Waals surface area contributed by atoms with Gasteiger partial charge < -0.3 is 15.7 Å². The van der Waals surface area contributed by atoms with E-state index >= 15 is 0 Å². The van der Waals surface area contributed by atoms with Gasteiger partial charge in [-0.25, -0.2) is 4.79 Å². The van der Waals surface area contributed by atoms with Crippen LogP contribution in [-0.4, -0.2) is 35.6 Å². The molecule has 0 bridgehead atoms. The van der Waals surface area contributed by atoms with Gasteiger partial charge in [0.15, 0.2) is 0 Å². The maximum absolute atomic E-state index is 13.1. The summed E-state index contributed by atoms with van der Waals surface area (Å²) in [4.78, 5) is 34.1. The second-order valence-corrected chi connectivity index (χ2v) is 12.4. The molecule has 2 aliphatic heterocycles. The zero-order valence-electron chi connectivity index (χ0n) is 25.5. The Labute approximate surface area is 268 Å². The van der Waals surface area contributed by atoms with Crippen LogP contribution in [0, 0.1) is 11.8 Å². The average molecular weight is 619 g/mol. The molecular weight excluding hydrogens is 584 g/mol. The summed E-state index contributed by atoms with van der Waals surface area (Å²) in [5.74, 6) is -0.961. The fourth-order valence-corrected chi connectivity index (χ4v) is 6.59. The van der Waals surface area contributed by atoms with Gasteiger partial charge in [0.25, 0.3) is 5.91 Å². The summed E-state index contributed by atoms with van der Waals surface area (Å²) in [5.41, 5.74) is 9.76. The lowest BCUT2D eigenvalue weighted by molar-refractivity contribution is -0.133. The third-order valence-corrected chi connectivity index (χ3v) is 9.04. The molecule has 0 spiro atoms. The molecule has 1 atom stereocenters. The van der Waals surface area contributed by atoms with Crippen molar-refractivity contribution >= 4 is 52.4 Å². The summed E-state index contributed by atoms with van der Waals surface area (Å²) < 4.78 is 0. The number of carbonyl (C=O) groups excluding carboxylic acids is 1. The van der Waals surface area contributed by atoms with Crippen LogP contribution < -0.4 is 10.6 Å². The summed E-state index contributed by atoms with van der Waals surface area (Å²) in [5, 5.41) is 16.3. The Bertz CT molecular complexity index is 1830. The number of allylic oxidation sites excluding steroid dienone is 2. The molecule has 45 heavy (non-hydrogen) atoms. The molecule has 3 aromatic rings. The molecule has 0 fully saturated rings. The number of aliphatic imine (C=N–C) groups is 2. The summed E-state index contributed by atoms with van der Waals surface area (Å²) in [6, 6.07) is 20.5. The van der Waals surface area contributed by atoms with E-state index in [1.165, 1.54) is 11.1 Å². The highest BCUT2D eigenvalue weighted by molar-refractivity contribution is 6.37. The molecule has 228 valence electrons. The SMILES string of the molecule is C/C(N=C1C=C(C(=O)O)C(C(C)C)CC1)=C1/C(=O)Nc2cc(Cl)c(-c3ccc(-c4ccc(C5=CNC=NCC5)cc4)cc3)cc21. The van der Waals surface area contributed by atoms with Crippen LogP contribution in [0.25, 0.3) is 33.4 Å². The van der Waals surface area contributed by atoms with E-state index in [0.29, 0.717) is 46.1 Å². The van der Waals surface area contributed by atoms with Crippen LogP contribution in [0.5, 0.6) is 0 Å². The minimum atomic E-state index is -0.918. The lowest BCUT2D eigenvalue weighted by Gasteiger charge is -2.25. The van der Waals surface area contributed by atoms with Gasteiger partial charge in [0, 0.05) is 35.2 Å². The second-order valence-electron chi connectivity index (χ2n) is 12.0. The fraction of sp³-hybridized carbons (Fsp3) is 0.243. The molecule has 7 nitrogen and oxygen atoms in total. The smallest absolute Gasteiger partial charge is 0.331 e. The van der Waals surface area contributed by atoms with Crippen LogP contribution in [0.4, 0.5) is 5.69 Å². The van der Waals surface area contributed by atoms with Crippen LogP contribution in [0.2, 0.25) is 5.02 Å². The first-order valence-electron chi connectivity index (χ1n) is 15.2. The maximum Gasteiger partial charge on any atom is 0.331 e. The van der Waals surface area contributed by atoms with Crippen molar-refractivity contribution in [3.8, 4) is 22.3 Å². The minimum Gasteiger partial charge on any atom is -0.478 e. The Balaban J connectivity index is 1.28. The quantitative estimate of drug-likeness (QED) is 0.242. The highest BCUT2D eigenvalue weighted by Gasteiger charge is 2.30. The van der Waals surface area contributed by atoms with Crippen LogP contribution in [0.3, 0.4) is 0 Å². The Kier molecular flexibility index (Phi) is 8.55. The molecule has 1 unspecified atom stereocenters. The van der Waals surface area contributed by atoms with E-state index in [2.05, 4.69) is 52.0 Å². The number of hydrogen-bond donors (Lipinski definition) is 3. The molecule has 0 radical (unpaired) electrons. The monoisotopic (exact) mass is 618 g/mol. The first-order valence-corrected chi connectivity index (χ1v) is 15.6. The van der Waals surface area contributed by atoms with E-state index in [1.807, 2.05) is 38.2 Å². The largest absolute Gasteiger partial charge is 0.478 e. The zero-order valence-corrected chi connectivity index (χ0v) is 26.3. The predicted molar refractivity (Wildman–Crippen MR) is 183 cm³/mol. The van der Waals surface area contributed by atoms with Crippen molar-refractivity contribution in [2.24, 2.45) is 21.8 Å². The highest BCUT2D eigenvalue weighted by Crippen LogP contribution is 2.42. The van der Waals surface area contributed by atoms with E-state index in [9.17, 15) is 14.7 Å². The lowest BCUT2D eigenvalue weighted by Crippen LogP contribution is -2.24. The van der Waals surface area contributed by atoms with Crippen molar-refractivity contribution < 1.29 is 14.7 Å². The Morgan fingerprint density at radius 1 is 0.978 bits per heavy atom. The van der Waals surface area contributed by atoms with Crippen LogP contribution in [-0.2, 0) is 9.59 Å². The number of carboxylic acids is 1. The van der Waals surface area contributed by atoms with Gasteiger partial charge >= 0.3 is 5.97 Å². The molecule has 0 saturated carbocycles. The van der Waals surface area contributed by atoms with Crippen LogP contribution in [0.15, 0.2) is 94.2 Å². The maximum atomic E-state index is 13.1. The van der Waals surface area contributed by atoms with E-state index in [1.54, 1.807) is 25.4 Å². The number of benzene rings is 3. The number of amides is 1. The van der Waals surface area contributed by atoms with Gasteiger partial charge in [0.05, 0.1) is 28.3 Å². The van der Waals surface area contributed by atoms with Gasteiger partial charge in [-0.15, -0.1) is 0 Å². The summed E-state index contributed by atoms with van der Waals surface area (Å²) in [6.45, 7) is 6.64. The van der Waals surface area contributed by atoms with Crippen molar-refractivity contribution in [3.05, 3.63) is 100 Å². The standard InChI is InChI=1S/C37H35ClN4O3/c1-21(2)29-13-12-28(16-31(29)37(44)45)41-22(3)35-32-17-30(33(38)18-34(32)42-36(35)43)26-10-8-24(9-11-26)23-4-6-25(7-5-23)27-14-15-39-20-40-19-27/h4-11,16-21,29H,12-15H2,1-3H3,(H,39,40)(H,42,43)(H,44,45)/b35-22-,41-28?. The summed E-state index contributed by atoms with van der Waals surface area (Å²) in [6.07, 6.45) is 7.67. The number of carbonyl (C=O) groups is 2. The molecule has 3 aromatic carbocycles. The normalized spacial score (nSPS) is 19.8. The number of anilines is 1. The number of rotatable bonds is 6. The van der Waals surface area contributed by atoms with Crippen molar-refractivity contribution in [2.75, 3.05) is 11.9 Å². The van der Waals surface area contributed by atoms with Gasteiger partial charge in [-0.1, -0.05) is 74.0 Å². The second kappa shape index (κ2) is 12.7. The van der Waals surface area contributed by atoms with Crippen LogP contribution >= 0.6 is 11.6 Å². The summed E-state index contributed by atoms with van der Waals surface area (Å²) >= 11 is 6.74. The van der Waals surface area contributed by atoms with Crippen LogP contribution in [0.1, 0.15) is 51.2 Å². The Hall–Kier alpha value is -4.75. The van der Waals surface area contributed by atoms with Gasteiger partial charge in [-0.05, 0) is 84.1 Å². The number of carboxylic acid groups (broad SMARTS) is 1. The molecule has 0 saturated heterocycles. The fourth-order valence-electron chi connectivity index (χ4n) is 6.32. The number of hydrogen-bond acceptors (Lipinski definition) is 5. The molecule has 1 aliphatic carbocycles. The molecule has 2 heterocycles. The van der Waals surface area contributed by atoms with E-state index in [4.69, 9.17) is 16.6 Å². The van der Waals surface area contributed by atoms with Crippen molar-refractivity contribution in [3.63, 3.8) is 0 Å². The molecule has 0 aromatic heterocycles. The molecule has 3 aliphatic rings. The zero-order chi connectivity index (χ0) is 31.7. The molecule has 6 rings (SSSR count).